The van der Waals surface area contributed by atoms with Crippen molar-refractivity contribution < 1.29 is 9.53 Å². The van der Waals surface area contributed by atoms with Crippen LogP contribution in [0, 0.1) is 16.7 Å². The average molecular weight is 618 g/mol. The molecule has 1 spiro atoms. The molecule has 3 saturated heterocycles. The Bertz CT molecular complexity index is 1840. The topological polar surface area (TPSA) is 116 Å². The maximum atomic E-state index is 14.4. The minimum absolute atomic E-state index is 0.153. The minimum atomic E-state index is -0.652. The predicted octanol–water partition coefficient (Wildman–Crippen LogP) is 3.72. The Morgan fingerprint density at radius 2 is 1.74 bits per heavy atom. The van der Waals surface area contributed by atoms with Gasteiger partial charge >= 0.3 is 0 Å². The van der Waals surface area contributed by atoms with Crippen molar-refractivity contribution in [2.75, 3.05) is 38.3 Å². The van der Waals surface area contributed by atoms with Crippen LogP contribution in [0.25, 0.3) is 11.3 Å². The van der Waals surface area contributed by atoms with Crippen LogP contribution in [0.15, 0.2) is 78.2 Å². The summed E-state index contributed by atoms with van der Waals surface area (Å²) in [4.78, 5) is 18.6. The minimum Gasteiger partial charge on any atom is -0.381 e. The Balaban J connectivity index is 1.20. The van der Waals surface area contributed by atoms with E-state index < -0.39 is 11.1 Å². The van der Waals surface area contributed by atoms with Crippen molar-refractivity contribution in [2.45, 2.75) is 50.2 Å². The number of carbonyl (C=O) groups is 1. The van der Waals surface area contributed by atoms with Crippen LogP contribution >= 0.6 is 0 Å². The number of likely N-dealkylation sites (N-methyl/N-ethyl adjacent to an activating group) is 1. The van der Waals surface area contributed by atoms with Gasteiger partial charge in [0.05, 0.1) is 52.9 Å². The standard InChI is InChI=1S/C35H39N9O2/c1-33-30(28(24-7-5-4-6-8-24)31(40-33)25-19-38-41(2)22-25)29-27(21-37-33)42(3)32(45)35(29)10-15-43(16-11-35)26-20-39-44(23-26)34(9-14-36)12-17-46-18-13-34/h4-8,19-23,37,40H,9-13,15-18H2,1-3H3. The highest BCUT2D eigenvalue weighted by Crippen LogP contribution is 2.58. The summed E-state index contributed by atoms with van der Waals surface area (Å²) in [5, 5.41) is 26.3. The molecule has 5 aliphatic rings. The van der Waals surface area contributed by atoms with Crippen molar-refractivity contribution in [3.05, 3.63) is 89.3 Å². The SMILES string of the molecule is CN1C(=O)C2(CCN(c3cnn(C4(CC#N)CCOCC4)c3)CC2)C2=C3C(c4ccccc4)=C(c4cnn(C)c4)NC3(C)NC=C21. The van der Waals surface area contributed by atoms with Gasteiger partial charge in [0.1, 0.15) is 5.66 Å². The van der Waals surface area contributed by atoms with E-state index in [1.807, 2.05) is 59.2 Å². The van der Waals surface area contributed by atoms with E-state index in [-0.39, 0.29) is 11.4 Å². The summed E-state index contributed by atoms with van der Waals surface area (Å²) in [6.07, 6.45) is 13.3. The van der Waals surface area contributed by atoms with Crippen molar-refractivity contribution in [3.63, 3.8) is 0 Å². The van der Waals surface area contributed by atoms with Gasteiger partial charge in [-0.2, -0.15) is 15.5 Å². The van der Waals surface area contributed by atoms with Gasteiger partial charge in [0.2, 0.25) is 5.91 Å². The number of amides is 1. The zero-order valence-corrected chi connectivity index (χ0v) is 26.6. The first-order valence-electron chi connectivity index (χ1n) is 16.1. The normalized spacial score (nSPS) is 24.8. The van der Waals surface area contributed by atoms with Crippen molar-refractivity contribution in [3.8, 4) is 6.07 Å². The highest BCUT2D eigenvalue weighted by molar-refractivity contribution is 6.06. The largest absolute Gasteiger partial charge is 0.381 e. The second-order valence-electron chi connectivity index (χ2n) is 13.4. The molecule has 3 fully saturated rings. The Morgan fingerprint density at radius 3 is 2.43 bits per heavy atom. The number of aromatic nitrogens is 4. The van der Waals surface area contributed by atoms with E-state index in [2.05, 4.69) is 64.1 Å². The molecule has 2 aromatic heterocycles. The summed E-state index contributed by atoms with van der Waals surface area (Å²) in [5.41, 5.74) is 6.86. The Hall–Kier alpha value is -4.82. The lowest BCUT2D eigenvalue weighted by molar-refractivity contribution is -0.134. The number of hydrogen-bond acceptors (Lipinski definition) is 8. The maximum Gasteiger partial charge on any atom is 0.237 e. The van der Waals surface area contributed by atoms with Gasteiger partial charge in [-0.1, -0.05) is 30.3 Å². The molecule has 8 rings (SSSR count). The molecular formula is C35H39N9O2. The fourth-order valence-electron chi connectivity index (χ4n) is 8.32. The van der Waals surface area contributed by atoms with E-state index in [4.69, 9.17) is 9.84 Å². The van der Waals surface area contributed by atoms with Gasteiger partial charge in [-0.05, 0) is 38.2 Å². The molecule has 2 N–H and O–H groups in total. The zero-order valence-electron chi connectivity index (χ0n) is 26.6. The Kier molecular flexibility index (Phi) is 6.45. The fourth-order valence-corrected chi connectivity index (χ4v) is 8.32. The third-order valence-electron chi connectivity index (χ3n) is 10.9. The van der Waals surface area contributed by atoms with Crippen molar-refractivity contribution in [1.29, 1.82) is 5.26 Å². The van der Waals surface area contributed by atoms with Crippen LogP contribution < -0.4 is 15.5 Å². The van der Waals surface area contributed by atoms with E-state index in [1.54, 1.807) is 0 Å². The summed E-state index contributed by atoms with van der Waals surface area (Å²) in [7, 11) is 3.84. The molecule has 11 heteroatoms. The molecule has 1 aromatic carbocycles. The summed E-state index contributed by atoms with van der Waals surface area (Å²) >= 11 is 0. The molecule has 7 heterocycles. The number of piperidine rings is 1. The van der Waals surface area contributed by atoms with E-state index >= 15 is 0 Å². The number of hydrogen-bond donors (Lipinski definition) is 2. The number of ether oxygens (including phenoxy) is 1. The van der Waals surface area contributed by atoms with Crippen molar-refractivity contribution in [1.82, 2.24) is 35.1 Å². The number of nitriles is 1. The Morgan fingerprint density at radius 1 is 0.978 bits per heavy atom. The Labute approximate surface area is 268 Å². The third kappa shape index (κ3) is 4.09. The second-order valence-corrected chi connectivity index (χ2v) is 13.4. The molecule has 0 saturated carbocycles. The van der Waals surface area contributed by atoms with Gasteiger partial charge in [0.25, 0.3) is 0 Å². The van der Waals surface area contributed by atoms with Crippen molar-refractivity contribution in [2.24, 2.45) is 12.5 Å². The maximum absolute atomic E-state index is 14.4. The molecule has 5 aliphatic heterocycles. The highest BCUT2D eigenvalue weighted by Gasteiger charge is 2.59. The number of aryl methyl sites for hydroxylation is 1. The monoisotopic (exact) mass is 617 g/mol. The first-order valence-corrected chi connectivity index (χ1v) is 16.1. The quantitative estimate of drug-likeness (QED) is 0.445. The van der Waals surface area contributed by atoms with Crippen LogP contribution in [-0.2, 0) is 22.1 Å². The number of allylic oxidation sites excluding steroid dienone is 1. The van der Waals surface area contributed by atoms with Crippen LogP contribution in [0.5, 0.6) is 0 Å². The first-order chi connectivity index (χ1) is 22.3. The van der Waals surface area contributed by atoms with Gasteiger partial charge in [0.15, 0.2) is 0 Å². The molecule has 0 bridgehead atoms. The molecule has 1 amide bonds. The molecular weight excluding hydrogens is 578 g/mol. The number of carbonyl (C=O) groups excluding carboxylic acids is 1. The number of nitrogens with one attached hydrogen (secondary N) is 2. The van der Waals surface area contributed by atoms with Crippen LogP contribution in [0.4, 0.5) is 5.69 Å². The lowest BCUT2D eigenvalue weighted by atomic mass is 9.68. The zero-order chi connectivity index (χ0) is 31.7. The second kappa shape index (κ2) is 10.4. The van der Waals surface area contributed by atoms with Crippen LogP contribution in [-0.4, -0.2) is 69.4 Å². The number of dihydropyridines is 1. The highest BCUT2D eigenvalue weighted by atomic mass is 16.5. The number of likely N-dealkylation sites (tertiary alicyclic amines) is 1. The van der Waals surface area contributed by atoms with Gasteiger partial charge in [-0.15, -0.1) is 0 Å². The van der Waals surface area contributed by atoms with Crippen molar-refractivity contribution >= 4 is 22.9 Å². The molecule has 0 radical (unpaired) electrons. The van der Waals surface area contributed by atoms with Gasteiger partial charge in [-0.3, -0.25) is 14.2 Å². The first kappa shape index (κ1) is 28.6. The van der Waals surface area contributed by atoms with Gasteiger partial charge in [0, 0.05) is 81.3 Å². The summed E-state index contributed by atoms with van der Waals surface area (Å²) < 4.78 is 9.43. The average Bonchev–Trinajstić information content (AvgIpc) is 3.85. The lowest BCUT2D eigenvalue weighted by Crippen LogP contribution is -2.53. The van der Waals surface area contributed by atoms with E-state index in [9.17, 15) is 10.1 Å². The van der Waals surface area contributed by atoms with Crippen LogP contribution in [0.2, 0.25) is 0 Å². The van der Waals surface area contributed by atoms with Crippen LogP contribution in [0.1, 0.15) is 50.2 Å². The van der Waals surface area contributed by atoms with Crippen LogP contribution in [0.3, 0.4) is 0 Å². The smallest absolute Gasteiger partial charge is 0.237 e. The van der Waals surface area contributed by atoms with Gasteiger partial charge < -0.3 is 25.2 Å². The van der Waals surface area contributed by atoms with E-state index in [1.165, 1.54) is 0 Å². The third-order valence-corrected chi connectivity index (χ3v) is 10.9. The number of rotatable bonds is 5. The molecule has 1 atom stereocenters. The number of fused-ring (bicyclic) bond motifs is 3. The molecule has 236 valence electrons. The lowest BCUT2D eigenvalue weighted by Gasteiger charge is -2.42. The number of anilines is 1. The summed E-state index contributed by atoms with van der Waals surface area (Å²) in [6, 6.07) is 12.9. The molecule has 46 heavy (non-hydrogen) atoms. The molecule has 11 nitrogen and oxygen atoms in total. The van der Waals surface area contributed by atoms with E-state index in [0.717, 1.165) is 70.9 Å². The summed E-state index contributed by atoms with van der Waals surface area (Å²) in [6.45, 7) is 4.89. The number of nitrogens with zero attached hydrogens (tertiary/aromatic N) is 7. The fraction of sp³-hybridized carbons (Fsp3) is 0.429. The van der Waals surface area contributed by atoms with Gasteiger partial charge in [-0.25, -0.2) is 0 Å². The van der Waals surface area contributed by atoms with E-state index in [0.29, 0.717) is 32.5 Å². The molecule has 0 aliphatic carbocycles. The predicted molar refractivity (Wildman–Crippen MR) is 173 cm³/mol. The summed E-state index contributed by atoms with van der Waals surface area (Å²) in [5.74, 6) is 0.153. The molecule has 1 unspecified atom stereocenters. The molecule has 3 aromatic rings. The number of benzene rings is 1.